The molecule has 1 aromatic rings. The zero-order chi connectivity index (χ0) is 16.8. The van der Waals surface area contributed by atoms with Crippen molar-refractivity contribution in [1.82, 2.24) is 9.80 Å². The number of nitriles is 1. The van der Waals surface area contributed by atoms with E-state index in [2.05, 4.69) is 16.3 Å². The number of rotatable bonds is 5. The predicted molar refractivity (Wildman–Crippen MR) is 90.1 cm³/mol. The third kappa shape index (κ3) is 4.78. The lowest BCUT2D eigenvalue weighted by molar-refractivity contribution is -0.136. The molecule has 23 heavy (non-hydrogen) atoms. The van der Waals surface area contributed by atoms with E-state index in [1.807, 2.05) is 18.7 Å². The Hall–Kier alpha value is -1.91. The van der Waals surface area contributed by atoms with Crippen LogP contribution in [-0.2, 0) is 9.59 Å². The lowest BCUT2D eigenvalue weighted by atomic mass is 10.1. The van der Waals surface area contributed by atoms with Crippen molar-refractivity contribution in [2.75, 3.05) is 38.0 Å². The SMILES string of the molecule is CC(C)C(=O)N1CCN(CCC(=O)Nc2sccc2C#N)CC1. The first-order chi connectivity index (χ1) is 11.0. The summed E-state index contributed by atoms with van der Waals surface area (Å²) in [4.78, 5) is 28.0. The highest BCUT2D eigenvalue weighted by molar-refractivity contribution is 7.14. The zero-order valence-corrected chi connectivity index (χ0v) is 14.4. The highest BCUT2D eigenvalue weighted by atomic mass is 32.1. The monoisotopic (exact) mass is 334 g/mol. The minimum absolute atomic E-state index is 0.0347. The number of carbonyl (C=O) groups excluding carboxylic acids is 2. The average Bonchev–Trinajstić information content (AvgIpc) is 2.99. The van der Waals surface area contributed by atoms with Gasteiger partial charge in [-0.1, -0.05) is 13.8 Å². The number of hydrogen-bond donors (Lipinski definition) is 1. The Balaban J connectivity index is 1.72. The van der Waals surface area contributed by atoms with Crippen LogP contribution in [0.15, 0.2) is 11.4 Å². The summed E-state index contributed by atoms with van der Waals surface area (Å²) in [6, 6.07) is 3.76. The smallest absolute Gasteiger partial charge is 0.226 e. The molecule has 2 heterocycles. The lowest BCUT2D eigenvalue weighted by Gasteiger charge is -2.35. The van der Waals surface area contributed by atoms with E-state index >= 15 is 0 Å². The van der Waals surface area contributed by atoms with Crippen LogP contribution in [0.2, 0.25) is 0 Å². The Kier molecular flexibility index (Phi) is 6.13. The number of piperazine rings is 1. The molecule has 0 atom stereocenters. The molecule has 1 N–H and O–H groups in total. The van der Waals surface area contributed by atoms with Crippen molar-refractivity contribution < 1.29 is 9.59 Å². The average molecular weight is 334 g/mol. The minimum atomic E-state index is -0.0790. The summed E-state index contributed by atoms with van der Waals surface area (Å²) in [5.41, 5.74) is 0.504. The third-order valence-corrected chi connectivity index (χ3v) is 4.70. The lowest BCUT2D eigenvalue weighted by Crippen LogP contribution is -2.50. The zero-order valence-electron chi connectivity index (χ0n) is 13.5. The van der Waals surface area contributed by atoms with Gasteiger partial charge in [0.1, 0.15) is 11.1 Å². The van der Waals surface area contributed by atoms with Crippen molar-refractivity contribution in [2.45, 2.75) is 20.3 Å². The van der Waals surface area contributed by atoms with Gasteiger partial charge in [-0.05, 0) is 11.4 Å². The molecule has 0 saturated carbocycles. The fourth-order valence-electron chi connectivity index (χ4n) is 2.50. The molecule has 1 aliphatic heterocycles. The Morgan fingerprint density at radius 1 is 1.35 bits per heavy atom. The fraction of sp³-hybridized carbons (Fsp3) is 0.562. The maximum absolute atomic E-state index is 12.0. The largest absolute Gasteiger partial charge is 0.340 e. The molecule has 1 fully saturated rings. The molecular weight excluding hydrogens is 312 g/mol. The van der Waals surface area contributed by atoms with E-state index in [1.54, 1.807) is 11.4 Å². The quantitative estimate of drug-likeness (QED) is 0.890. The van der Waals surface area contributed by atoms with Crippen LogP contribution in [0.25, 0.3) is 0 Å². The first kappa shape index (κ1) is 17.4. The van der Waals surface area contributed by atoms with Gasteiger partial charge in [0.15, 0.2) is 0 Å². The molecule has 1 aromatic heterocycles. The Morgan fingerprint density at radius 3 is 2.65 bits per heavy atom. The summed E-state index contributed by atoms with van der Waals surface area (Å²) in [6.07, 6.45) is 0.390. The molecule has 0 aromatic carbocycles. The van der Waals surface area contributed by atoms with Crippen molar-refractivity contribution in [1.29, 1.82) is 5.26 Å². The van der Waals surface area contributed by atoms with Gasteiger partial charge in [0.05, 0.1) is 5.56 Å². The van der Waals surface area contributed by atoms with E-state index in [9.17, 15) is 9.59 Å². The summed E-state index contributed by atoms with van der Waals surface area (Å²) in [5, 5.41) is 14.1. The van der Waals surface area contributed by atoms with E-state index in [-0.39, 0.29) is 17.7 Å². The normalized spacial score (nSPS) is 15.5. The second-order valence-electron chi connectivity index (χ2n) is 5.90. The summed E-state index contributed by atoms with van der Waals surface area (Å²) < 4.78 is 0. The molecule has 0 unspecified atom stereocenters. The van der Waals surface area contributed by atoms with Crippen molar-refractivity contribution in [3.05, 3.63) is 17.0 Å². The van der Waals surface area contributed by atoms with Crippen molar-refractivity contribution in [3.63, 3.8) is 0 Å². The molecular formula is C16H22N4O2S. The van der Waals surface area contributed by atoms with Crippen molar-refractivity contribution in [2.24, 2.45) is 5.92 Å². The summed E-state index contributed by atoms with van der Waals surface area (Å²) in [5.74, 6) is 0.154. The van der Waals surface area contributed by atoms with E-state index in [4.69, 9.17) is 5.26 Å². The van der Waals surface area contributed by atoms with E-state index in [0.717, 1.165) is 26.2 Å². The number of hydrogen-bond acceptors (Lipinski definition) is 5. The van der Waals surface area contributed by atoms with Gasteiger partial charge in [-0.3, -0.25) is 14.5 Å². The first-order valence-corrected chi connectivity index (χ1v) is 8.68. The first-order valence-electron chi connectivity index (χ1n) is 7.80. The molecule has 2 rings (SSSR count). The highest BCUT2D eigenvalue weighted by Gasteiger charge is 2.23. The number of nitrogens with zero attached hydrogens (tertiary/aromatic N) is 3. The second-order valence-corrected chi connectivity index (χ2v) is 6.81. The molecule has 1 aliphatic rings. The molecule has 7 heteroatoms. The van der Waals surface area contributed by atoms with Crippen LogP contribution in [0, 0.1) is 17.2 Å². The minimum Gasteiger partial charge on any atom is -0.340 e. The van der Waals surface area contributed by atoms with Gasteiger partial charge in [-0.2, -0.15) is 5.26 Å². The Bertz CT molecular complexity index is 597. The predicted octanol–water partition coefficient (Wildman–Crippen LogP) is 1.75. The van der Waals surface area contributed by atoms with E-state index in [0.29, 0.717) is 23.5 Å². The molecule has 6 nitrogen and oxygen atoms in total. The molecule has 0 aliphatic carbocycles. The van der Waals surface area contributed by atoms with Crippen LogP contribution >= 0.6 is 11.3 Å². The summed E-state index contributed by atoms with van der Waals surface area (Å²) in [7, 11) is 0. The second kappa shape index (κ2) is 8.09. The summed E-state index contributed by atoms with van der Waals surface area (Å²) in [6.45, 7) is 7.55. The highest BCUT2D eigenvalue weighted by Crippen LogP contribution is 2.22. The van der Waals surface area contributed by atoms with E-state index < -0.39 is 0 Å². The van der Waals surface area contributed by atoms with Gasteiger partial charge in [-0.25, -0.2) is 0 Å². The van der Waals surface area contributed by atoms with Gasteiger partial charge in [0, 0.05) is 45.1 Å². The topological polar surface area (TPSA) is 76.4 Å². The van der Waals surface area contributed by atoms with Gasteiger partial charge in [0.25, 0.3) is 0 Å². The number of thiophene rings is 1. The number of anilines is 1. The van der Waals surface area contributed by atoms with Crippen molar-refractivity contribution >= 4 is 28.2 Å². The summed E-state index contributed by atoms with van der Waals surface area (Å²) >= 11 is 1.36. The molecule has 0 bridgehead atoms. The van der Waals surface area contributed by atoms with Crippen molar-refractivity contribution in [3.8, 4) is 6.07 Å². The van der Waals surface area contributed by atoms with Crippen LogP contribution in [0.4, 0.5) is 5.00 Å². The maximum atomic E-state index is 12.0. The van der Waals surface area contributed by atoms with Crippen LogP contribution in [0.3, 0.4) is 0 Å². The van der Waals surface area contributed by atoms with Gasteiger partial charge in [0.2, 0.25) is 11.8 Å². The molecule has 0 radical (unpaired) electrons. The standard InChI is InChI=1S/C16H22N4O2S/c1-12(2)16(22)20-8-6-19(7-9-20)5-3-14(21)18-15-13(11-17)4-10-23-15/h4,10,12H,3,5-9H2,1-2H3,(H,18,21). The molecule has 124 valence electrons. The van der Waals surface area contributed by atoms with Gasteiger partial charge < -0.3 is 10.2 Å². The fourth-order valence-corrected chi connectivity index (χ4v) is 3.25. The molecule has 2 amide bonds. The third-order valence-electron chi connectivity index (χ3n) is 3.87. The number of carbonyl (C=O) groups is 2. The van der Waals surface area contributed by atoms with Crippen LogP contribution < -0.4 is 5.32 Å². The van der Waals surface area contributed by atoms with Crippen LogP contribution in [0.1, 0.15) is 25.8 Å². The number of amides is 2. The molecule has 1 saturated heterocycles. The van der Waals surface area contributed by atoms with Crippen LogP contribution in [-0.4, -0.2) is 54.3 Å². The van der Waals surface area contributed by atoms with Gasteiger partial charge in [-0.15, -0.1) is 11.3 Å². The number of nitrogens with one attached hydrogen (secondary N) is 1. The maximum Gasteiger partial charge on any atom is 0.226 e. The Labute approximate surface area is 140 Å². The molecule has 0 spiro atoms. The van der Waals surface area contributed by atoms with E-state index in [1.165, 1.54) is 11.3 Å². The van der Waals surface area contributed by atoms with Gasteiger partial charge >= 0.3 is 0 Å². The Morgan fingerprint density at radius 2 is 2.04 bits per heavy atom. The van der Waals surface area contributed by atoms with Crippen LogP contribution in [0.5, 0.6) is 0 Å².